The van der Waals surface area contributed by atoms with Gasteiger partial charge in [0.15, 0.2) is 5.60 Å². The van der Waals surface area contributed by atoms with Crippen LogP contribution in [0.2, 0.25) is 0 Å². The van der Waals surface area contributed by atoms with E-state index in [2.05, 4.69) is 19.6 Å². The molecule has 1 rings (SSSR count). The van der Waals surface area contributed by atoms with Crippen molar-refractivity contribution in [1.29, 1.82) is 0 Å². The highest BCUT2D eigenvalue weighted by molar-refractivity contribution is 7.81. The second kappa shape index (κ2) is 9.11. The average molecular weight is 310 g/mol. The molecule has 0 heterocycles. The number of hydrogen-bond acceptors (Lipinski definition) is 3. The first-order valence-electron chi connectivity index (χ1n) is 7.68. The van der Waals surface area contributed by atoms with Crippen molar-refractivity contribution >= 4 is 18.6 Å². The Morgan fingerprint density at radius 2 is 1.81 bits per heavy atom. The summed E-state index contributed by atoms with van der Waals surface area (Å²) >= 11 is 4.37. The lowest BCUT2D eigenvalue weighted by Gasteiger charge is -2.29. The number of carbonyl (C=O) groups is 1. The van der Waals surface area contributed by atoms with Crippen molar-refractivity contribution in [2.24, 2.45) is 0 Å². The molecule has 0 spiro atoms. The minimum Gasteiger partial charge on any atom is -0.479 e. The molecule has 1 aromatic rings. The molecule has 0 aliphatic heterocycles. The van der Waals surface area contributed by atoms with Crippen LogP contribution in [0.1, 0.15) is 51.0 Å². The molecule has 0 amide bonds. The van der Waals surface area contributed by atoms with E-state index in [9.17, 15) is 15.0 Å². The predicted molar refractivity (Wildman–Crippen MR) is 88.9 cm³/mol. The highest BCUT2D eigenvalue weighted by Gasteiger charge is 2.42. The summed E-state index contributed by atoms with van der Waals surface area (Å²) < 4.78 is 0. The molecular weight excluding hydrogens is 284 g/mol. The Morgan fingerprint density at radius 1 is 1.19 bits per heavy atom. The molecule has 0 aromatic heterocycles. The van der Waals surface area contributed by atoms with E-state index in [0.717, 1.165) is 24.8 Å². The molecule has 118 valence electrons. The summed E-state index contributed by atoms with van der Waals surface area (Å²) in [5.41, 5.74) is -0.998. The van der Waals surface area contributed by atoms with Crippen molar-refractivity contribution in [3.05, 3.63) is 35.9 Å². The molecule has 0 radical (unpaired) electrons. The molecule has 0 aliphatic rings. The number of carboxylic acid groups (broad SMARTS) is 1. The number of aliphatic hydroxyl groups is 1. The lowest BCUT2D eigenvalue weighted by atomic mass is 9.88. The Balaban J connectivity index is 2.60. The molecule has 0 saturated heterocycles. The fourth-order valence-electron chi connectivity index (χ4n) is 2.42. The van der Waals surface area contributed by atoms with Crippen LogP contribution >= 0.6 is 12.6 Å². The molecule has 0 aliphatic carbocycles. The molecule has 4 heteroatoms. The summed E-state index contributed by atoms with van der Waals surface area (Å²) in [5.74, 6) is -1.19. The van der Waals surface area contributed by atoms with Crippen molar-refractivity contribution < 1.29 is 15.0 Å². The summed E-state index contributed by atoms with van der Waals surface area (Å²) in [6, 6.07) is 9.21. The lowest BCUT2D eigenvalue weighted by Crippen LogP contribution is -2.49. The number of hydrogen-bond donors (Lipinski definition) is 3. The number of aliphatic carboxylic acids is 1. The zero-order valence-electron chi connectivity index (χ0n) is 12.7. The number of unbranched alkanes of at least 4 members (excludes halogenated alkanes) is 4. The Hall–Kier alpha value is -1.00. The zero-order chi connectivity index (χ0) is 15.7. The van der Waals surface area contributed by atoms with Crippen molar-refractivity contribution in [2.75, 3.05) is 0 Å². The lowest BCUT2D eigenvalue weighted by molar-refractivity contribution is -0.158. The maximum absolute atomic E-state index is 11.5. The fourth-order valence-corrected chi connectivity index (χ4v) is 2.81. The Labute approximate surface area is 132 Å². The molecule has 3 nitrogen and oxygen atoms in total. The van der Waals surface area contributed by atoms with Gasteiger partial charge in [0.1, 0.15) is 0 Å². The van der Waals surface area contributed by atoms with Crippen molar-refractivity contribution in [3.8, 4) is 0 Å². The highest BCUT2D eigenvalue weighted by Crippen LogP contribution is 2.26. The molecule has 0 fully saturated rings. The molecule has 2 unspecified atom stereocenters. The van der Waals surface area contributed by atoms with Crippen LogP contribution in [0, 0.1) is 0 Å². The maximum Gasteiger partial charge on any atom is 0.337 e. The Bertz CT molecular complexity index is 421. The molecule has 0 bridgehead atoms. The van der Waals surface area contributed by atoms with E-state index in [4.69, 9.17) is 0 Å². The fraction of sp³-hybridized carbons (Fsp3) is 0.588. The van der Waals surface area contributed by atoms with Gasteiger partial charge in [-0.1, -0.05) is 69.4 Å². The summed E-state index contributed by atoms with van der Waals surface area (Å²) in [6.45, 7) is 2.16. The van der Waals surface area contributed by atoms with Crippen LogP contribution in [0.4, 0.5) is 0 Å². The van der Waals surface area contributed by atoms with E-state index in [-0.39, 0.29) is 6.42 Å². The zero-order valence-corrected chi connectivity index (χ0v) is 13.6. The van der Waals surface area contributed by atoms with E-state index >= 15 is 0 Å². The van der Waals surface area contributed by atoms with Gasteiger partial charge in [-0.15, -0.1) is 0 Å². The van der Waals surface area contributed by atoms with E-state index in [1.807, 2.05) is 30.3 Å². The van der Waals surface area contributed by atoms with E-state index in [1.165, 1.54) is 12.8 Å². The van der Waals surface area contributed by atoms with Crippen LogP contribution in [0.3, 0.4) is 0 Å². The van der Waals surface area contributed by atoms with Crippen LogP contribution in [0.25, 0.3) is 0 Å². The summed E-state index contributed by atoms with van der Waals surface area (Å²) in [6.07, 6.45) is 6.20. The van der Waals surface area contributed by atoms with Crippen molar-refractivity contribution in [3.63, 3.8) is 0 Å². The van der Waals surface area contributed by atoms with Gasteiger partial charge in [0.25, 0.3) is 0 Å². The SMILES string of the molecule is CCCCCCCC(S)C(O)(Cc1ccccc1)C(=O)O. The third-order valence-electron chi connectivity index (χ3n) is 3.82. The molecule has 2 N–H and O–H groups in total. The van der Waals surface area contributed by atoms with Crippen LogP contribution < -0.4 is 0 Å². The van der Waals surface area contributed by atoms with Crippen molar-refractivity contribution in [2.45, 2.75) is 62.7 Å². The van der Waals surface area contributed by atoms with Gasteiger partial charge >= 0.3 is 5.97 Å². The number of thiol groups is 1. The van der Waals surface area contributed by atoms with Gasteiger partial charge in [0.2, 0.25) is 0 Å². The van der Waals surface area contributed by atoms with Gasteiger partial charge in [-0.25, -0.2) is 4.79 Å². The Morgan fingerprint density at radius 3 is 2.38 bits per heavy atom. The molecule has 21 heavy (non-hydrogen) atoms. The molecule has 0 saturated carbocycles. The third kappa shape index (κ3) is 5.71. The van der Waals surface area contributed by atoms with Gasteiger partial charge in [0.05, 0.1) is 0 Å². The second-order valence-corrected chi connectivity index (χ2v) is 6.23. The van der Waals surface area contributed by atoms with Crippen LogP contribution in [-0.4, -0.2) is 27.0 Å². The number of benzene rings is 1. The quantitative estimate of drug-likeness (QED) is 0.456. The second-order valence-electron chi connectivity index (χ2n) is 5.61. The number of rotatable bonds is 10. The third-order valence-corrected chi connectivity index (χ3v) is 4.50. The highest BCUT2D eigenvalue weighted by atomic mass is 32.1. The normalized spacial score (nSPS) is 15.4. The van der Waals surface area contributed by atoms with E-state index in [0.29, 0.717) is 6.42 Å². The van der Waals surface area contributed by atoms with E-state index in [1.54, 1.807) is 0 Å². The molecular formula is C17H26O3S. The minimum atomic E-state index is -1.81. The first-order valence-corrected chi connectivity index (χ1v) is 8.20. The van der Waals surface area contributed by atoms with Gasteiger partial charge in [0, 0.05) is 11.7 Å². The van der Waals surface area contributed by atoms with Crippen molar-refractivity contribution in [1.82, 2.24) is 0 Å². The smallest absolute Gasteiger partial charge is 0.337 e. The van der Waals surface area contributed by atoms with Gasteiger partial charge < -0.3 is 10.2 Å². The summed E-state index contributed by atoms with van der Waals surface area (Å²) in [4.78, 5) is 11.5. The van der Waals surface area contributed by atoms with Crippen LogP contribution in [-0.2, 0) is 11.2 Å². The average Bonchev–Trinajstić information content (AvgIpc) is 2.47. The predicted octanol–water partition coefficient (Wildman–Crippen LogP) is 3.70. The topological polar surface area (TPSA) is 57.5 Å². The standard InChI is InChI=1S/C17H26O3S/c1-2-3-4-5-9-12-15(21)17(20,16(18)19)13-14-10-7-6-8-11-14/h6-8,10-11,15,20-21H,2-5,9,12-13H2,1H3,(H,18,19). The van der Waals surface area contributed by atoms with Gasteiger partial charge in [-0.05, 0) is 12.0 Å². The van der Waals surface area contributed by atoms with Gasteiger partial charge in [-0.3, -0.25) is 0 Å². The first-order chi connectivity index (χ1) is 10.0. The van der Waals surface area contributed by atoms with Gasteiger partial charge in [-0.2, -0.15) is 12.6 Å². The molecule has 1 aromatic carbocycles. The molecule has 2 atom stereocenters. The Kier molecular flexibility index (Phi) is 7.83. The number of carboxylic acids is 1. The largest absolute Gasteiger partial charge is 0.479 e. The van der Waals surface area contributed by atoms with Crippen LogP contribution in [0.15, 0.2) is 30.3 Å². The minimum absolute atomic E-state index is 0.0896. The monoisotopic (exact) mass is 310 g/mol. The summed E-state index contributed by atoms with van der Waals surface area (Å²) in [7, 11) is 0. The van der Waals surface area contributed by atoms with Crippen LogP contribution in [0.5, 0.6) is 0 Å². The van der Waals surface area contributed by atoms with E-state index < -0.39 is 16.8 Å². The first kappa shape index (κ1) is 18.1. The maximum atomic E-state index is 11.5. The summed E-state index contributed by atoms with van der Waals surface area (Å²) in [5, 5.41) is 19.4.